The van der Waals surface area contributed by atoms with Crippen molar-refractivity contribution in [2.45, 2.75) is 20.0 Å². The van der Waals surface area contributed by atoms with Gasteiger partial charge >= 0.3 is 5.97 Å². The summed E-state index contributed by atoms with van der Waals surface area (Å²) >= 11 is 0. The standard InChI is InChI=1S/C13H18N2O4/c1-8(2)19-11-5-4-9(13(17)18-3)6-10(11)15-12(16)7-14/h4-6,8H,7,14H2,1-3H3,(H,15,16). The van der Waals surface area contributed by atoms with E-state index >= 15 is 0 Å². The highest BCUT2D eigenvalue weighted by Crippen LogP contribution is 2.27. The van der Waals surface area contributed by atoms with Gasteiger partial charge < -0.3 is 20.5 Å². The van der Waals surface area contributed by atoms with E-state index in [1.54, 1.807) is 12.1 Å². The molecule has 0 saturated heterocycles. The van der Waals surface area contributed by atoms with Gasteiger partial charge in [0.05, 0.1) is 31.0 Å². The molecule has 6 heteroatoms. The number of amides is 1. The fourth-order valence-electron chi connectivity index (χ4n) is 1.43. The number of anilines is 1. The third-order valence-corrected chi connectivity index (χ3v) is 2.22. The number of carbonyl (C=O) groups excluding carboxylic acids is 2. The van der Waals surface area contributed by atoms with Gasteiger partial charge in [0.1, 0.15) is 5.75 Å². The maximum absolute atomic E-state index is 11.5. The van der Waals surface area contributed by atoms with Crippen LogP contribution in [-0.4, -0.2) is 31.6 Å². The van der Waals surface area contributed by atoms with Crippen molar-refractivity contribution in [1.82, 2.24) is 0 Å². The maximum Gasteiger partial charge on any atom is 0.337 e. The van der Waals surface area contributed by atoms with Crippen LogP contribution < -0.4 is 15.8 Å². The van der Waals surface area contributed by atoms with Crippen molar-refractivity contribution in [3.63, 3.8) is 0 Å². The molecule has 0 aliphatic heterocycles. The molecule has 0 saturated carbocycles. The van der Waals surface area contributed by atoms with Gasteiger partial charge in [0.2, 0.25) is 5.91 Å². The Hall–Kier alpha value is -2.08. The molecule has 0 bridgehead atoms. The first kappa shape index (κ1) is 15.0. The average Bonchev–Trinajstić information content (AvgIpc) is 2.39. The third kappa shape index (κ3) is 4.26. The number of rotatable bonds is 5. The topological polar surface area (TPSA) is 90.6 Å². The van der Waals surface area contributed by atoms with Crippen LogP contribution in [0.25, 0.3) is 0 Å². The summed E-state index contributed by atoms with van der Waals surface area (Å²) in [6, 6.07) is 4.68. The second kappa shape index (κ2) is 6.75. The van der Waals surface area contributed by atoms with Crippen LogP contribution in [-0.2, 0) is 9.53 Å². The SMILES string of the molecule is COC(=O)c1ccc(OC(C)C)c(NC(=O)CN)c1. The first-order chi connectivity index (χ1) is 8.97. The van der Waals surface area contributed by atoms with Crippen molar-refractivity contribution in [3.8, 4) is 5.75 Å². The number of hydrogen-bond donors (Lipinski definition) is 2. The van der Waals surface area contributed by atoms with Crippen molar-refractivity contribution in [2.24, 2.45) is 5.73 Å². The fourth-order valence-corrected chi connectivity index (χ4v) is 1.43. The molecule has 19 heavy (non-hydrogen) atoms. The first-order valence-corrected chi connectivity index (χ1v) is 5.86. The molecule has 0 spiro atoms. The van der Waals surface area contributed by atoms with E-state index in [9.17, 15) is 9.59 Å². The molecule has 1 rings (SSSR count). The van der Waals surface area contributed by atoms with Crippen LogP contribution in [0.5, 0.6) is 5.75 Å². The van der Waals surface area contributed by atoms with Crippen LogP contribution in [0.15, 0.2) is 18.2 Å². The van der Waals surface area contributed by atoms with E-state index in [1.807, 2.05) is 13.8 Å². The quantitative estimate of drug-likeness (QED) is 0.780. The highest BCUT2D eigenvalue weighted by atomic mass is 16.5. The summed E-state index contributed by atoms with van der Waals surface area (Å²) in [5.74, 6) is -0.376. The normalized spacial score (nSPS) is 10.2. The fraction of sp³-hybridized carbons (Fsp3) is 0.385. The Balaban J connectivity index is 3.10. The second-order valence-electron chi connectivity index (χ2n) is 4.12. The summed E-state index contributed by atoms with van der Waals surface area (Å²) in [7, 11) is 1.29. The summed E-state index contributed by atoms with van der Waals surface area (Å²) in [6.45, 7) is 3.58. The number of ether oxygens (including phenoxy) is 2. The highest BCUT2D eigenvalue weighted by Gasteiger charge is 2.13. The van der Waals surface area contributed by atoms with E-state index in [0.717, 1.165) is 0 Å². The Morgan fingerprint density at radius 3 is 2.58 bits per heavy atom. The molecule has 1 amide bonds. The van der Waals surface area contributed by atoms with Crippen molar-refractivity contribution in [3.05, 3.63) is 23.8 Å². The average molecular weight is 266 g/mol. The molecular formula is C13H18N2O4. The molecule has 0 fully saturated rings. The number of nitrogens with one attached hydrogen (secondary N) is 1. The van der Waals surface area contributed by atoms with Gasteiger partial charge in [0, 0.05) is 0 Å². The summed E-state index contributed by atoms with van der Waals surface area (Å²) < 4.78 is 10.2. The highest BCUT2D eigenvalue weighted by molar-refractivity contribution is 5.96. The van der Waals surface area contributed by atoms with E-state index in [4.69, 9.17) is 10.5 Å². The number of hydrogen-bond acceptors (Lipinski definition) is 5. The number of methoxy groups -OCH3 is 1. The molecule has 1 aromatic rings. The van der Waals surface area contributed by atoms with Crippen LogP contribution in [0.1, 0.15) is 24.2 Å². The first-order valence-electron chi connectivity index (χ1n) is 5.86. The zero-order valence-corrected chi connectivity index (χ0v) is 11.2. The van der Waals surface area contributed by atoms with E-state index < -0.39 is 5.97 Å². The summed E-state index contributed by atoms with van der Waals surface area (Å²) in [6.07, 6.45) is -0.0579. The van der Waals surface area contributed by atoms with Crippen LogP contribution in [0.3, 0.4) is 0 Å². The van der Waals surface area contributed by atoms with Gasteiger partial charge in [-0.1, -0.05) is 0 Å². The third-order valence-electron chi connectivity index (χ3n) is 2.22. The molecule has 0 aliphatic rings. The van der Waals surface area contributed by atoms with E-state index in [2.05, 4.69) is 10.1 Å². The predicted octanol–water partition coefficient (Wildman–Crippen LogP) is 1.16. The van der Waals surface area contributed by atoms with Gasteiger partial charge in [-0.3, -0.25) is 4.79 Å². The lowest BCUT2D eigenvalue weighted by Gasteiger charge is -2.15. The maximum atomic E-state index is 11.5. The molecule has 0 aromatic heterocycles. The van der Waals surface area contributed by atoms with Gasteiger partial charge in [-0.05, 0) is 32.0 Å². The number of benzene rings is 1. The van der Waals surface area contributed by atoms with Crippen LogP contribution in [0, 0.1) is 0 Å². The molecule has 0 unspecified atom stereocenters. The minimum Gasteiger partial charge on any atom is -0.489 e. The predicted molar refractivity (Wildman–Crippen MR) is 71.2 cm³/mol. The zero-order chi connectivity index (χ0) is 14.4. The summed E-state index contributed by atoms with van der Waals surface area (Å²) in [5, 5.41) is 2.59. The Kier molecular flexibility index (Phi) is 5.32. The number of esters is 1. The van der Waals surface area contributed by atoms with Crippen LogP contribution in [0.4, 0.5) is 5.69 Å². The molecule has 104 valence electrons. The molecule has 6 nitrogen and oxygen atoms in total. The number of nitrogens with two attached hydrogens (primary N) is 1. The Morgan fingerprint density at radius 1 is 1.37 bits per heavy atom. The van der Waals surface area contributed by atoms with Crippen molar-refractivity contribution >= 4 is 17.6 Å². The Morgan fingerprint density at radius 2 is 2.05 bits per heavy atom. The second-order valence-corrected chi connectivity index (χ2v) is 4.12. The summed E-state index contributed by atoms with van der Waals surface area (Å²) in [4.78, 5) is 22.8. The van der Waals surface area contributed by atoms with Gasteiger partial charge in [-0.25, -0.2) is 4.79 Å². The molecule has 0 aliphatic carbocycles. The van der Waals surface area contributed by atoms with Crippen LogP contribution in [0.2, 0.25) is 0 Å². The molecule has 0 radical (unpaired) electrons. The molecular weight excluding hydrogens is 248 g/mol. The summed E-state index contributed by atoms with van der Waals surface area (Å²) in [5.41, 5.74) is 5.97. The molecule has 0 atom stereocenters. The lowest BCUT2D eigenvalue weighted by molar-refractivity contribution is -0.114. The Bertz CT molecular complexity index is 472. The smallest absolute Gasteiger partial charge is 0.337 e. The molecule has 3 N–H and O–H groups in total. The van der Waals surface area contributed by atoms with E-state index in [-0.39, 0.29) is 18.6 Å². The van der Waals surface area contributed by atoms with Gasteiger partial charge in [-0.15, -0.1) is 0 Å². The Labute approximate surface area is 111 Å². The van der Waals surface area contributed by atoms with Gasteiger partial charge in [0.15, 0.2) is 0 Å². The largest absolute Gasteiger partial charge is 0.489 e. The lowest BCUT2D eigenvalue weighted by atomic mass is 10.2. The van der Waals surface area contributed by atoms with E-state index in [0.29, 0.717) is 17.0 Å². The van der Waals surface area contributed by atoms with Crippen molar-refractivity contribution < 1.29 is 19.1 Å². The van der Waals surface area contributed by atoms with Crippen molar-refractivity contribution in [2.75, 3.05) is 19.0 Å². The lowest BCUT2D eigenvalue weighted by Crippen LogP contribution is -2.22. The van der Waals surface area contributed by atoms with Crippen LogP contribution >= 0.6 is 0 Å². The molecule has 1 aromatic carbocycles. The zero-order valence-electron chi connectivity index (χ0n) is 11.2. The molecule has 0 heterocycles. The van der Waals surface area contributed by atoms with Gasteiger partial charge in [0.25, 0.3) is 0 Å². The van der Waals surface area contributed by atoms with Crippen molar-refractivity contribution in [1.29, 1.82) is 0 Å². The van der Waals surface area contributed by atoms with E-state index in [1.165, 1.54) is 13.2 Å². The monoisotopic (exact) mass is 266 g/mol. The minimum absolute atomic E-state index is 0.0579. The minimum atomic E-state index is -0.487. The van der Waals surface area contributed by atoms with Gasteiger partial charge in [-0.2, -0.15) is 0 Å². The number of carbonyl (C=O) groups is 2.